The maximum Gasteiger partial charge on any atom is 0.365 e. The third-order valence-electron chi connectivity index (χ3n) is 2.40. The largest absolute Gasteiger partial charge is 0.365 e. The van der Waals surface area contributed by atoms with Crippen molar-refractivity contribution < 1.29 is 14.4 Å². The normalized spacial score (nSPS) is 16.6. The van der Waals surface area contributed by atoms with E-state index >= 15 is 0 Å². The van der Waals surface area contributed by atoms with Gasteiger partial charge in [0.05, 0.1) is 5.56 Å². The van der Waals surface area contributed by atoms with E-state index in [1.165, 1.54) is 18.2 Å². The number of carbonyl (C=O) groups excluding carboxylic acids is 2. The van der Waals surface area contributed by atoms with Gasteiger partial charge in [0.15, 0.2) is 5.78 Å². The van der Waals surface area contributed by atoms with Gasteiger partial charge in [0.25, 0.3) is 0 Å². The SMILES string of the molecule is CC1=CC(=O)C=C/C1=N\OC(=O)c1ccccc1. The van der Waals surface area contributed by atoms with E-state index in [0.717, 1.165) is 0 Å². The molecular formula is C14H11NO3. The molecule has 0 saturated carbocycles. The van der Waals surface area contributed by atoms with Crippen molar-refractivity contribution in [3.63, 3.8) is 0 Å². The molecule has 0 fully saturated rings. The number of carbonyl (C=O) groups is 2. The van der Waals surface area contributed by atoms with Gasteiger partial charge in [-0.05, 0) is 42.9 Å². The Balaban J connectivity index is 2.08. The zero-order chi connectivity index (χ0) is 13.0. The Labute approximate surface area is 104 Å². The van der Waals surface area contributed by atoms with Gasteiger partial charge in [0, 0.05) is 0 Å². The number of allylic oxidation sites excluding steroid dienone is 4. The molecule has 0 atom stereocenters. The van der Waals surface area contributed by atoms with Gasteiger partial charge in [-0.2, -0.15) is 0 Å². The number of ketones is 1. The number of rotatable bonds is 2. The van der Waals surface area contributed by atoms with Gasteiger partial charge < -0.3 is 4.84 Å². The molecule has 2 rings (SSSR count). The highest BCUT2D eigenvalue weighted by Gasteiger charge is 2.10. The van der Waals surface area contributed by atoms with Crippen LogP contribution in [0.15, 0.2) is 59.3 Å². The highest BCUT2D eigenvalue weighted by Crippen LogP contribution is 2.08. The summed E-state index contributed by atoms with van der Waals surface area (Å²) in [6, 6.07) is 8.59. The highest BCUT2D eigenvalue weighted by molar-refractivity contribution is 6.19. The lowest BCUT2D eigenvalue weighted by atomic mass is 10.1. The quantitative estimate of drug-likeness (QED) is 0.453. The summed E-state index contributed by atoms with van der Waals surface area (Å²) in [6.45, 7) is 1.73. The van der Waals surface area contributed by atoms with E-state index in [1.54, 1.807) is 31.2 Å². The van der Waals surface area contributed by atoms with Crippen LogP contribution in [-0.4, -0.2) is 17.5 Å². The van der Waals surface area contributed by atoms with Crippen LogP contribution in [0.1, 0.15) is 17.3 Å². The Morgan fingerprint density at radius 2 is 1.89 bits per heavy atom. The van der Waals surface area contributed by atoms with E-state index in [4.69, 9.17) is 4.84 Å². The fourth-order valence-electron chi connectivity index (χ4n) is 1.45. The maximum absolute atomic E-state index is 11.6. The summed E-state index contributed by atoms with van der Waals surface area (Å²) in [5.74, 6) is -0.623. The van der Waals surface area contributed by atoms with E-state index in [0.29, 0.717) is 16.8 Å². The lowest BCUT2D eigenvalue weighted by Crippen LogP contribution is -2.08. The molecule has 0 radical (unpaired) electrons. The first-order chi connectivity index (χ1) is 8.66. The Morgan fingerprint density at radius 1 is 1.17 bits per heavy atom. The van der Waals surface area contributed by atoms with E-state index in [2.05, 4.69) is 5.16 Å². The number of hydrogen-bond acceptors (Lipinski definition) is 4. The van der Waals surface area contributed by atoms with Crippen LogP contribution < -0.4 is 0 Å². The van der Waals surface area contributed by atoms with Crippen LogP contribution in [0.3, 0.4) is 0 Å². The zero-order valence-electron chi connectivity index (χ0n) is 9.79. The average Bonchev–Trinajstić information content (AvgIpc) is 2.38. The summed E-state index contributed by atoms with van der Waals surface area (Å²) in [4.78, 5) is 27.5. The molecule has 4 heteroatoms. The predicted molar refractivity (Wildman–Crippen MR) is 67.2 cm³/mol. The van der Waals surface area contributed by atoms with E-state index < -0.39 is 5.97 Å². The minimum atomic E-state index is -0.527. The van der Waals surface area contributed by atoms with Crippen LogP contribution in [0, 0.1) is 0 Å². The molecule has 0 aliphatic heterocycles. The van der Waals surface area contributed by atoms with Crippen molar-refractivity contribution >= 4 is 17.5 Å². The summed E-state index contributed by atoms with van der Waals surface area (Å²) in [5.41, 5.74) is 1.57. The summed E-state index contributed by atoms with van der Waals surface area (Å²) < 4.78 is 0. The summed E-state index contributed by atoms with van der Waals surface area (Å²) in [6.07, 6.45) is 4.34. The molecule has 0 amide bonds. The molecule has 4 nitrogen and oxygen atoms in total. The summed E-state index contributed by atoms with van der Waals surface area (Å²) in [5, 5.41) is 3.73. The van der Waals surface area contributed by atoms with Gasteiger partial charge in [-0.1, -0.05) is 23.4 Å². The standard InChI is InChI=1S/C14H11NO3/c1-10-9-12(16)7-8-13(10)15-18-14(17)11-5-3-2-4-6-11/h2-9H,1H3/b15-13+. The number of hydrogen-bond donors (Lipinski definition) is 0. The van der Waals surface area contributed by atoms with Crippen LogP contribution in [0.25, 0.3) is 0 Å². The van der Waals surface area contributed by atoms with Crippen molar-refractivity contribution in [1.29, 1.82) is 0 Å². The van der Waals surface area contributed by atoms with Crippen molar-refractivity contribution in [2.75, 3.05) is 0 Å². The van der Waals surface area contributed by atoms with Crippen LogP contribution in [0.5, 0.6) is 0 Å². The van der Waals surface area contributed by atoms with Gasteiger partial charge in [-0.15, -0.1) is 0 Å². The third-order valence-corrected chi connectivity index (χ3v) is 2.40. The van der Waals surface area contributed by atoms with Crippen LogP contribution in [0.2, 0.25) is 0 Å². The van der Waals surface area contributed by atoms with Crippen molar-refractivity contribution in [2.45, 2.75) is 6.92 Å². The number of oxime groups is 1. The molecule has 0 spiro atoms. The topological polar surface area (TPSA) is 55.7 Å². The monoisotopic (exact) mass is 241 g/mol. The minimum Gasteiger partial charge on any atom is -0.312 e. The Kier molecular flexibility index (Phi) is 3.48. The van der Waals surface area contributed by atoms with Crippen LogP contribution in [-0.2, 0) is 9.63 Å². The van der Waals surface area contributed by atoms with Gasteiger partial charge in [0.2, 0.25) is 0 Å². The second kappa shape index (κ2) is 5.23. The summed E-state index contributed by atoms with van der Waals surface area (Å²) >= 11 is 0. The smallest absolute Gasteiger partial charge is 0.312 e. The lowest BCUT2D eigenvalue weighted by Gasteiger charge is -2.04. The first-order valence-corrected chi connectivity index (χ1v) is 5.42. The minimum absolute atomic E-state index is 0.0964. The molecular weight excluding hydrogens is 230 g/mol. The Morgan fingerprint density at radius 3 is 2.56 bits per heavy atom. The highest BCUT2D eigenvalue weighted by atomic mass is 16.7. The Hall–Kier alpha value is -2.49. The molecule has 1 aliphatic carbocycles. The van der Waals surface area contributed by atoms with E-state index in [1.807, 2.05) is 6.07 Å². The van der Waals surface area contributed by atoms with Gasteiger partial charge in [0.1, 0.15) is 5.71 Å². The van der Waals surface area contributed by atoms with E-state index in [9.17, 15) is 9.59 Å². The molecule has 1 aromatic rings. The van der Waals surface area contributed by atoms with E-state index in [-0.39, 0.29) is 5.78 Å². The first kappa shape index (κ1) is 12.0. The molecule has 0 bridgehead atoms. The molecule has 0 saturated heterocycles. The van der Waals surface area contributed by atoms with Crippen molar-refractivity contribution in [3.05, 3.63) is 59.7 Å². The number of nitrogens with zero attached hydrogens (tertiary/aromatic N) is 1. The molecule has 0 unspecified atom stereocenters. The van der Waals surface area contributed by atoms with Crippen LogP contribution in [0.4, 0.5) is 0 Å². The van der Waals surface area contributed by atoms with Crippen LogP contribution >= 0.6 is 0 Å². The third kappa shape index (κ3) is 2.79. The fourth-order valence-corrected chi connectivity index (χ4v) is 1.45. The van der Waals surface area contributed by atoms with Crippen molar-refractivity contribution in [3.8, 4) is 0 Å². The van der Waals surface area contributed by atoms with Gasteiger partial charge in [-0.3, -0.25) is 4.79 Å². The van der Waals surface area contributed by atoms with Gasteiger partial charge in [-0.25, -0.2) is 4.79 Å². The summed E-state index contributed by atoms with van der Waals surface area (Å²) in [7, 11) is 0. The molecule has 1 aromatic carbocycles. The van der Waals surface area contributed by atoms with Crippen molar-refractivity contribution in [2.24, 2.45) is 5.16 Å². The maximum atomic E-state index is 11.6. The molecule has 0 N–H and O–H groups in total. The second-order valence-corrected chi connectivity index (χ2v) is 3.78. The zero-order valence-corrected chi connectivity index (χ0v) is 9.79. The van der Waals surface area contributed by atoms with Gasteiger partial charge >= 0.3 is 5.97 Å². The first-order valence-electron chi connectivity index (χ1n) is 5.42. The molecule has 0 aromatic heterocycles. The van der Waals surface area contributed by atoms with Crippen molar-refractivity contribution in [1.82, 2.24) is 0 Å². The molecule has 0 heterocycles. The predicted octanol–water partition coefficient (Wildman–Crippen LogP) is 2.28. The molecule has 18 heavy (non-hydrogen) atoms. The fraction of sp³-hybridized carbons (Fsp3) is 0.0714. The second-order valence-electron chi connectivity index (χ2n) is 3.78. The molecule has 90 valence electrons. The Bertz CT molecular complexity index is 568. The molecule has 1 aliphatic rings. The average molecular weight is 241 g/mol. The lowest BCUT2D eigenvalue weighted by molar-refractivity contribution is -0.110. The number of benzene rings is 1.